The van der Waals surface area contributed by atoms with Gasteiger partial charge in [0, 0.05) is 12.1 Å². The average molecular weight is 424 g/mol. The monoisotopic (exact) mass is 424 g/mol. The Bertz CT molecular complexity index is 910. The normalized spacial score (nSPS) is 12.6. The van der Waals surface area contributed by atoms with Crippen molar-refractivity contribution in [3.8, 4) is 0 Å². The van der Waals surface area contributed by atoms with E-state index in [1.165, 1.54) is 0 Å². The van der Waals surface area contributed by atoms with Crippen molar-refractivity contribution < 1.29 is 36.2 Å². The molecular formula is C15H10F6N4O4. The van der Waals surface area contributed by atoms with E-state index >= 15 is 0 Å². The highest BCUT2D eigenvalue weighted by atomic mass is 19.4. The van der Waals surface area contributed by atoms with Gasteiger partial charge in [0.2, 0.25) is 5.41 Å². The van der Waals surface area contributed by atoms with Crippen LogP contribution < -0.4 is 11.5 Å². The van der Waals surface area contributed by atoms with E-state index in [9.17, 15) is 46.6 Å². The molecule has 8 nitrogen and oxygen atoms in total. The first-order valence-corrected chi connectivity index (χ1v) is 7.36. The van der Waals surface area contributed by atoms with Crippen molar-refractivity contribution in [2.75, 3.05) is 11.5 Å². The molecule has 0 heterocycles. The Labute approximate surface area is 157 Å². The van der Waals surface area contributed by atoms with Gasteiger partial charge in [-0.2, -0.15) is 26.3 Å². The highest BCUT2D eigenvalue weighted by Crippen LogP contribution is 2.57. The highest BCUT2D eigenvalue weighted by Gasteiger charge is 2.73. The van der Waals surface area contributed by atoms with E-state index in [-0.39, 0.29) is 12.1 Å². The predicted octanol–water partition coefficient (Wildman–Crippen LogP) is 4.08. The Hall–Kier alpha value is -3.58. The first-order valence-electron chi connectivity index (χ1n) is 7.36. The quantitative estimate of drug-likeness (QED) is 0.328. The van der Waals surface area contributed by atoms with Crippen molar-refractivity contribution >= 4 is 22.7 Å². The minimum absolute atomic E-state index is 0.0402. The molecule has 0 fully saturated rings. The number of halogens is 6. The molecule has 0 aromatic heterocycles. The summed E-state index contributed by atoms with van der Waals surface area (Å²) < 4.78 is 83.9. The van der Waals surface area contributed by atoms with Gasteiger partial charge in [-0.05, 0) is 23.3 Å². The summed E-state index contributed by atoms with van der Waals surface area (Å²) in [6.45, 7) is 0. The van der Waals surface area contributed by atoms with Crippen molar-refractivity contribution in [2.24, 2.45) is 0 Å². The number of nitrogens with zero attached hydrogens (tertiary/aromatic N) is 2. The Kier molecular flexibility index (Phi) is 5.08. The molecule has 2 aromatic carbocycles. The second-order valence-corrected chi connectivity index (χ2v) is 5.81. The first kappa shape index (κ1) is 21.7. The summed E-state index contributed by atoms with van der Waals surface area (Å²) in [6, 6.07) is 1.77. The summed E-state index contributed by atoms with van der Waals surface area (Å²) >= 11 is 0. The van der Waals surface area contributed by atoms with Gasteiger partial charge in [0.25, 0.3) is 11.4 Å². The highest BCUT2D eigenvalue weighted by molar-refractivity contribution is 5.65. The van der Waals surface area contributed by atoms with Gasteiger partial charge < -0.3 is 11.5 Å². The van der Waals surface area contributed by atoms with Crippen molar-refractivity contribution in [1.29, 1.82) is 0 Å². The van der Waals surface area contributed by atoms with E-state index in [0.717, 1.165) is 0 Å². The molecule has 0 saturated carbocycles. The van der Waals surface area contributed by atoms with Crippen LogP contribution in [0, 0.1) is 20.2 Å². The Balaban J connectivity index is 3.04. The fraction of sp³-hybridized carbons (Fsp3) is 0.200. The van der Waals surface area contributed by atoms with Gasteiger partial charge in [-0.25, -0.2) is 0 Å². The number of rotatable bonds is 4. The van der Waals surface area contributed by atoms with Gasteiger partial charge in [0.15, 0.2) is 0 Å². The van der Waals surface area contributed by atoms with E-state index in [0.29, 0.717) is 24.3 Å². The lowest BCUT2D eigenvalue weighted by atomic mass is 9.72. The number of hydrogen-bond donors (Lipinski definition) is 2. The first-order chi connectivity index (χ1) is 13.1. The van der Waals surface area contributed by atoms with Crippen LogP contribution in [0.5, 0.6) is 0 Å². The fourth-order valence-electron chi connectivity index (χ4n) is 2.85. The minimum atomic E-state index is -6.10. The van der Waals surface area contributed by atoms with Gasteiger partial charge in [-0.15, -0.1) is 0 Å². The third-order valence-corrected chi connectivity index (χ3v) is 4.17. The summed E-state index contributed by atoms with van der Waals surface area (Å²) in [6.07, 6.45) is -12.2. The molecule has 0 spiro atoms. The van der Waals surface area contributed by atoms with Crippen LogP contribution in [0.25, 0.3) is 0 Å². The molecule has 0 atom stereocenters. The predicted molar refractivity (Wildman–Crippen MR) is 87.9 cm³/mol. The van der Waals surface area contributed by atoms with Crippen molar-refractivity contribution in [1.82, 2.24) is 0 Å². The molecule has 0 saturated heterocycles. The standard InChI is InChI=1S/C15H10F6N4O4/c16-14(17,18)13(15(19,20)21,7-1-3-9(22)11(5-7)24(26)27)8-2-4-10(23)12(6-8)25(28)29/h1-6H,22-23H2. The summed E-state index contributed by atoms with van der Waals surface area (Å²) in [7, 11) is 0. The van der Waals surface area contributed by atoms with Crippen LogP contribution in [0.3, 0.4) is 0 Å². The van der Waals surface area contributed by atoms with Gasteiger partial charge in [-0.3, -0.25) is 20.2 Å². The SMILES string of the molecule is Nc1ccc(C(c2ccc(N)c([N+](=O)[O-])c2)(C(F)(F)F)C(F)(F)F)cc1[N+](=O)[O-]. The summed E-state index contributed by atoms with van der Waals surface area (Å²) in [4.78, 5) is 19.5. The van der Waals surface area contributed by atoms with E-state index < -0.39 is 61.5 Å². The van der Waals surface area contributed by atoms with Crippen LogP contribution in [-0.2, 0) is 5.41 Å². The lowest BCUT2D eigenvalue weighted by Crippen LogP contribution is -2.54. The van der Waals surface area contributed by atoms with Crippen molar-refractivity contribution in [3.63, 3.8) is 0 Å². The molecule has 0 aliphatic rings. The number of nitrogens with two attached hydrogens (primary N) is 2. The maximum absolute atomic E-state index is 14.0. The number of nitro groups is 2. The van der Waals surface area contributed by atoms with E-state index in [1.54, 1.807) is 0 Å². The zero-order chi connectivity index (χ0) is 22.4. The molecule has 0 radical (unpaired) electrons. The maximum Gasteiger partial charge on any atom is 0.411 e. The molecular weight excluding hydrogens is 414 g/mol. The lowest BCUT2D eigenvalue weighted by molar-refractivity contribution is -0.384. The molecule has 0 aliphatic heterocycles. The largest absolute Gasteiger partial charge is 0.411 e. The van der Waals surface area contributed by atoms with Crippen LogP contribution in [-0.4, -0.2) is 22.2 Å². The second kappa shape index (κ2) is 6.79. The van der Waals surface area contributed by atoms with E-state index in [1.807, 2.05) is 0 Å². The zero-order valence-electron chi connectivity index (χ0n) is 13.9. The Morgan fingerprint density at radius 3 is 1.24 bits per heavy atom. The van der Waals surface area contributed by atoms with Crippen LogP contribution in [0.2, 0.25) is 0 Å². The van der Waals surface area contributed by atoms with E-state index in [4.69, 9.17) is 11.5 Å². The summed E-state index contributed by atoms with van der Waals surface area (Å²) in [5.41, 5.74) is -1.18. The molecule has 2 aromatic rings. The lowest BCUT2D eigenvalue weighted by Gasteiger charge is -2.38. The number of hydrogen-bond acceptors (Lipinski definition) is 6. The van der Waals surface area contributed by atoms with E-state index in [2.05, 4.69) is 0 Å². The Morgan fingerprint density at radius 1 is 0.690 bits per heavy atom. The Morgan fingerprint density at radius 2 is 1.00 bits per heavy atom. The van der Waals surface area contributed by atoms with Crippen molar-refractivity contribution in [2.45, 2.75) is 17.8 Å². The number of nitrogen functional groups attached to an aromatic ring is 2. The summed E-state index contributed by atoms with van der Waals surface area (Å²) in [5.74, 6) is 0. The molecule has 0 bridgehead atoms. The smallest absolute Gasteiger partial charge is 0.393 e. The van der Waals surface area contributed by atoms with Gasteiger partial charge in [0.05, 0.1) is 9.85 Å². The summed E-state index contributed by atoms with van der Waals surface area (Å²) in [5, 5.41) is 22.0. The molecule has 14 heteroatoms. The topological polar surface area (TPSA) is 138 Å². The van der Waals surface area contributed by atoms with Crippen LogP contribution in [0.4, 0.5) is 49.1 Å². The average Bonchev–Trinajstić information content (AvgIpc) is 2.55. The molecule has 2 rings (SSSR count). The third kappa shape index (κ3) is 3.36. The molecule has 156 valence electrons. The minimum Gasteiger partial charge on any atom is -0.393 e. The van der Waals surface area contributed by atoms with Crippen LogP contribution >= 0.6 is 0 Å². The van der Waals surface area contributed by atoms with Gasteiger partial charge in [-0.1, -0.05) is 12.1 Å². The molecule has 0 aliphatic carbocycles. The molecule has 0 amide bonds. The van der Waals surface area contributed by atoms with Gasteiger partial charge in [0.1, 0.15) is 11.4 Å². The van der Waals surface area contributed by atoms with Gasteiger partial charge >= 0.3 is 12.4 Å². The fourth-order valence-corrected chi connectivity index (χ4v) is 2.85. The molecule has 0 unspecified atom stereocenters. The second-order valence-electron chi connectivity index (χ2n) is 5.81. The number of anilines is 2. The molecule has 4 N–H and O–H groups in total. The van der Waals surface area contributed by atoms with Crippen LogP contribution in [0.15, 0.2) is 36.4 Å². The van der Waals surface area contributed by atoms with Crippen molar-refractivity contribution in [3.05, 3.63) is 67.8 Å². The maximum atomic E-state index is 14.0. The number of benzene rings is 2. The van der Waals surface area contributed by atoms with Crippen LogP contribution in [0.1, 0.15) is 11.1 Å². The number of nitro benzene ring substituents is 2. The third-order valence-electron chi connectivity index (χ3n) is 4.17. The molecule has 29 heavy (non-hydrogen) atoms. The number of alkyl halides is 6. The zero-order valence-corrected chi connectivity index (χ0v) is 13.9.